The Morgan fingerprint density at radius 2 is 2.00 bits per heavy atom. The van der Waals surface area contributed by atoms with Gasteiger partial charge in [-0.1, -0.05) is 17.3 Å². The molecular weight excluding hydrogens is 237 g/mol. The van der Waals surface area contributed by atoms with Crippen LogP contribution in [0.3, 0.4) is 0 Å². The van der Waals surface area contributed by atoms with E-state index in [2.05, 4.69) is 10.5 Å². The molecule has 0 aliphatic rings. The van der Waals surface area contributed by atoms with Crippen LogP contribution in [-0.2, 0) is 11.2 Å². The molecule has 0 saturated heterocycles. The third-order valence-corrected chi connectivity index (χ3v) is 2.48. The van der Waals surface area contributed by atoms with Gasteiger partial charge in [-0.15, -0.1) is 0 Å². The van der Waals surface area contributed by atoms with Crippen molar-refractivity contribution in [1.82, 2.24) is 5.32 Å². The van der Waals surface area contributed by atoms with Gasteiger partial charge in [-0.25, -0.2) is 4.39 Å². The zero-order valence-corrected chi connectivity index (χ0v) is 10.3. The van der Waals surface area contributed by atoms with Crippen LogP contribution in [-0.4, -0.2) is 22.5 Å². The second-order valence-electron chi connectivity index (χ2n) is 4.46. The van der Waals surface area contributed by atoms with Gasteiger partial charge in [-0.2, -0.15) is 0 Å². The second-order valence-corrected chi connectivity index (χ2v) is 4.46. The summed E-state index contributed by atoms with van der Waals surface area (Å²) in [6.45, 7) is 3.23. The molecule has 4 N–H and O–H groups in total. The molecule has 5 nitrogen and oxygen atoms in total. The lowest BCUT2D eigenvalue weighted by Crippen LogP contribution is -2.53. The van der Waals surface area contributed by atoms with E-state index < -0.39 is 5.54 Å². The topological polar surface area (TPSA) is 87.7 Å². The number of carbonyl (C=O) groups is 1. The number of halogens is 1. The van der Waals surface area contributed by atoms with Crippen LogP contribution in [0.15, 0.2) is 29.4 Å². The minimum absolute atomic E-state index is 0.0880. The number of carbonyl (C=O) groups excluding carboxylic acids is 1. The minimum atomic E-state index is -0.939. The molecule has 0 bridgehead atoms. The van der Waals surface area contributed by atoms with Crippen molar-refractivity contribution >= 4 is 11.7 Å². The number of benzene rings is 1. The number of rotatable bonds is 4. The van der Waals surface area contributed by atoms with Crippen molar-refractivity contribution in [3.8, 4) is 0 Å². The first-order valence-electron chi connectivity index (χ1n) is 5.38. The Morgan fingerprint density at radius 3 is 2.50 bits per heavy atom. The molecule has 0 fully saturated rings. The number of amides is 1. The summed E-state index contributed by atoms with van der Waals surface area (Å²) in [5.74, 6) is -0.732. The van der Waals surface area contributed by atoms with Crippen LogP contribution >= 0.6 is 0 Å². The summed E-state index contributed by atoms with van der Waals surface area (Å²) >= 11 is 0. The number of amidine groups is 1. The van der Waals surface area contributed by atoms with Crippen LogP contribution in [0.1, 0.15) is 19.4 Å². The van der Waals surface area contributed by atoms with Crippen LogP contribution < -0.4 is 11.1 Å². The molecule has 0 atom stereocenters. The molecule has 1 aromatic rings. The predicted octanol–water partition coefficient (Wildman–Crippen LogP) is 1.01. The largest absolute Gasteiger partial charge is 0.409 e. The number of hydrogen-bond donors (Lipinski definition) is 3. The standard InChI is InChI=1S/C12H16FN3O2/c1-12(2,11(14)16-18)15-10(17)7-8-3-5-9(13)6-4-8/h3-6,18H,7H2,1-2H3,(H2,14,16)(H,15,17). The summed E-state index contributed by atoms with van der Waals surface area (Å²) in [5.41, 5.74) is 5.19. The highest BCUT2D eigenvalue weighted by Gasteiger charge is 2.25. The summed E-state index contributed by atoms with van der Waals surface area (Å²) in [6, 6.07) is 5.64. The van der Waals surface area contributed by atoms with Gasteiger partial charge in [0, 0.05) is 0 Å². The first-order valence-corrected chi connectivity index (χ1v) is 5.38. The first-order chi connectivity index (χ1) is 8.35. The quantitative estimate of drug-likeness (QED) is 0.324. The molecule has 6 heteroatoms. The smallest absolute Gasteiger partial charge is 0.225 e. The molecule has 0 aromatic heterocycles. The van der Waals surface area contributed by atoms with Gasteiger partial charge in [0.15, 0.2) is 5.84 Å². The molecule has 1 amide bonds. The second kappa shape index (κ2) is 5.48. The van der Waals surface area contributed by atoms with Gasteiger partial charge in [0.2, 0.25) is 5.91 Å². The lowest BCUT2D eigenvalue weighted by Gasteiger charge is -2.24. The lowest BCUT2D eigenvalue weighted by molar-refractivity contribution is -0.121. The van der Waals surface area contributed by atoms with E-state index >= 15 is 0 Å². The van der Waals surface area contributed by atoms with E-state index in [1.807, 2.05) is 0 Å². The van der Waals surface area contributed by atoms with Crippen molar-refractivity contribution in [3.63, 3.8) is 0 Å². The van der Waals surface area contributed by atoms with E-state index in [9.17, 15) is 9.18 Å². The Morgan fingerprint density at radius 1 is 1.44 bits per heavy atom. The molecular formula is C12H16FN3O2. The highest BCUT2D eigenvalue weighted by atomic mass is 19.1. The van der Waals surface area contributed by atoms with Gasteiger partial charge in [0.25, 0.3) is 0 Å². The Labute approximate surface area is 104 Å². The fourth-order valence-corrected chi connectivity index (χ4v) is 1.37. The van der Waals surface area contributed by atoms with E-state index in [-0.39, 0.29) is 24.0 Å². The molecule has 1 rings (SSSR count). The van der Waals surface area contributed by atoms with Crippen LogP contribution in [0.2, 0.25) is 0 Å². The first kappa shape index (κ1) is 14.0. The predicted molar refractivity (Wildman–Crippen MR) is 65.7 cm³/mol. The van der Waals surface area contributed by atoms with Crippen LogP contribution in [0.5, 0.6) is 0 Å². The fourth-order valence-electron chi connectivity index (χ4n) is 1.37. The van der Waals surface area contributed by atoms with Crippen molar-refractivity contribution in [2.45, 2.75) is 25.8 Å². The van der Waals surface area contributed by atoms with Crippen LogP contribution in [0.25, 0.3) is 0 Å². The maximum atomic E-state index is 12.7. The van der Waals surface area contributed by atoms with Gasteiger partial charge < -0.3 is 16.3 Å². The number of hydrogen-bond acceptors (Lipinski definition) is 3. The average Bonchev–Trinajstić information content (AvgIpc) is 2.30. The van der Waals surface area contributed by atoms with E-state index in [0.29, 0.717) is 5.56 Å². The molecule has 0 spiro atoms. The summed E-state index contributed by atoms with van der Waals surface area (Å²) in [5, 5.41) is 14.1. The van der Waals surface area contributed by atoms with Gasteiger partial charge in [-0.05, 0) is 31.5 Å². The number of oxime groups is 1. The number of nitrogens with one attached hydrogen (secondary N) is 1. The van der Waals surface area contributed by atoms with Gasteiger partial charge >= 0.3 is 0 Å². The van der Waals surface area contributed by atoms with Crippen molar-refractivity contribution in [3.05, 3.63) is 35.6 Å². The third kappa shape index (κ3) is 3.73. The molecule has 0 radical (unpaired) electrons. The maximum Gasteiger partial charge on any atom is 0.225 e. The van der Waals surface area contributed by atoms with E-state index in [1.165, 1.54) is 24.3 Å². The molecule has 18 heavy (non-hydrogen) atoms. The highest BCUT2D eigenvalue weighted by Crippen LogP contribution is 2.06. The Bertz CT molecular complexity index is 455. The molecule has 0 aliphatic carbocycles. The fraction of sp³-hybridized carbons (Fsp3) is 0.333. The average molecular weight is 253 g/mol. The minimum Gasteiger partial charge on any atom is -0.409 e. The van der Waals surface area contributed by atoms with Crippen molar-refractivity contribution in [2.75, 3.05) is 0 Å². The van der Waals surface area contributed by atoms with E-state index in [0.717, 1.165) is 0 Å². The van der Waals surface area contributed by atoms with Gasteiger partial charge in [-0.3, -0.25) is 4.79 Å². The zero-order chi connectivity index (χ0) is 13.8. The summed E-state index contributed by atoms with van der Waals surface area (Å²) in [4.78, 5) is 11.7. The summed E-state index contributed by atoms with van der Waals surface area (Å²) < 4.78 is 12.7. The van der Waals surface area contributed by atoms with Gasteiger partial charge in [0.05, 0.1) is 12.0 Å². The van der Waals surface area contributed by atoms with Crippen molar-refractivity contribution < 1.29 is 14.4 Å². The van der Waals surface area contributed by atoms with E-state index in [4.69, 9.17) is 10.9 Å². The third-order valence-electron chi connectivity index (χ3n) is 2.48. The molecule has 0 aliphatic heterocycles. The van der Waals surface area contributed by atoms with Crippen LogP contribution in [0, 0.1) is 5.82 Å². The lowest BCUT2D eigenvalue weighted by atomic mass is 10.0. The molecule has 98 valence electrons. The number of nitrogens with zero attached hydrogens (tertiary/aromatic N) is 1. The van der Waals surface area contributed by atoms with Crippen LogP contribution in [0.4, 0.5) is 4.39 Å². The zero-order valence-electron chi connectivity index (χ0n) is 10.3. The van der Waals surface area contributed by atoms with Crippen molar-refractivity contribution in [1.29, 1.82) is 0 Å². The number of nitrogens with two attached hydrogens (primary N) is 1. The maximum absolute atomic E-state index is 12.7. The molecule has 0 saturated carbocycles. The Balaban J connectivity index is 2.65. The Kier molecular flexibility index (Phi) is 4.25. The van der Waals surface area contributed by atoms with E-state index in [1.54, 1.807) is 13.8 Å². The summed E-state index contributed by atoms with van der Waals surface area (Å²) in [6.07, 6.45) is 0.0996. The molecule has 1 aromatic carbocycles. The molecule has 0 heterocycles. The SMILES string of the molecule is CC(C)(NC(=O)Cc1ccc(F)cc1)/C(N)=N/O. The monoisotopic (exact) mass is 253 g/mol. The molecule has 0 unspecified atom stereocenters. The normalized spacial score (nSPS) is 12.3. The Hall–Kier alpha value is -2.11. The summed E-state index contributed by atoms with van der Waals surface area (Å²) in [7, 11) is 0. The van der Waals surface area contributed by atoms with Crippen molar-refractivity contribution in [2.24, 2.45) is 10.9 Å². The van der Waals surface area contributed by atoms with Gasteiger partial charge in [0.1, 0.15) is 5.82 Å². The highest BCUT2D eigenvalue weighted by molar-refractivity contribution is 5.93.